The van der Waals surface area contributed by atoms with Crippen molar-refractivity contribution in [3.63, 3.8) is 0 Å². The molecule has 1 heterocycles. The van der Waals surface area contributed by atoms with Crippen molar-refractivity contribution in [3.8, 4) is 0 Å². The van der Waals surface area contributed by atoms with Gasteiger partial charge in [-0.05, 0) is 12.5 Å². The quantitative estimate of drug-likeness (QED) is 0.844. The van der Waals surface area contributed by atoms with Gasteiger partial charge in [0, 0.05) is 39.6 Å². The van der Waals surface area contributed by atoms with E-state index in [1.165, 1.54) is 0 Å². The Morgan fingerprint density at radius 1 is 1.08 bits per heavy atom. The summed E-state index contributed by atoms with van der Waals surface area (Å²) in [5.74, 6) is -0.288. The van der Waals surface area contributed by atoms with Crippen LogP contribution in [0.2, 0.25) is 0 Å². The Bertz CT molecular complexity index is 583. The van der Waals surface area contributed by atoms with Crippen LogP contribution in [0.5, 0.6) is 0 Å². The molecule has 1 aliphatic heterocycles. The molecular formula is C17H24N4O3. The topological polar surface area (TPSA) is 81.8 Å². The van der Waals surface area contributed by atoms with Gasteiger partial charge in [0.25, 0.3) is 0 Å². The third-order valence-electron chi connectivity index (χ3n) is 4.22. The first kappa shape index (κ1) is 17.9. The lowest BCUT2D eigenvalue weighted by atomic mass is 10.2. The zero-order chi connectivity index (χ0) is 17.5. The van der Waals surface area contributed by atoms with Gasteiger partial charge in [0.2, 0.25) is 11.8 Å². The fourth-order valence-corrected chi connectivity index (χ4v) is 2.63. The fraction of sp³-hybridized carbons (Fsp3) is 0.471. The molecule has 1 aliphatic rings. The minimum absolute atomic E-state index is 0.0482. The van der Waals surface area contributed by atoms with Gasteiger partial charge in [-0.2, -0.15) is 0 Å². The van der Waals surface area contributed by atoms with E-state index in [0.717, 1.165) is 5.56 Å². The lowest BCUT2D eigenvalue weighted by molar-refractivity contribution is -0.132. The van der Waals surface area contributed by atoms with E-state index in [4.69, 9.17) is 0 Å². The zero-order valence-electron chi connectivity index (χ0n) is 14.1. The predicted octanol–water partition coefficient (Wildman–Crippen LogP) is 0.565. The van der Waals surface area contributed by atoms with Gasteiger partial charge in [0.1, 0.15) is 0 Å². The molecule has 1 aromatic carbocycles. The first-order valence-corrected chi connectivity index (χ1v) is 8.09. The summed E-state index contributed by atoms with van der Waals surface area (Å²) in [6.07, 6.45) is 0. The Balaban J connectivity index is 1.75. The van der Waals surface area contributed by atoms with Gasteiger partial charge in [-0.1, -0.05) is 30.3 Å². The van der Waals surface area contributed by atoms with Crippen LogP contribution in [0.1, 0.15) is 19.4 Å². The van der Waals surface area contributed by atoms with E-state index in [1.807, 2.05) is 35.2 Å². The zero-order valence-corrected chi connectivity index (χ0v) is 14.1. The second kappa shape index (κ2) is 8.44. The molecule has 1 fully saturated rings. The Hall–Kier alpha value is -2.41. The van der Waals surface area contributed by atoms with Crippen molar-refractivity contribution in [1.29, 1.82) is 0 Å². The highest BCUT2D eigenvalue weighted by Crippen LogP contribution is 2.06. The van der Waals surface area contributed by atoms with Gasteiger partial charge in [-0.3, -0.25) is 19.8 Å². The summed E-state index contributed by atoms with van der Waals surface area (Å²) in [6.45, 7) is 6.14. The second-order valence-electron chi connectivity index (χ2n) is 5.88. The van der Waals surface area contributed by atoms with Gasteiger partial charge in [0.05, 0.1) is 6.04 Å². The van der Waals surface area contributed by atoms with Crippen LogP contribution in [0.3, 0.4) is 0 Å². The molecule has 0 aromatic heterocycles. The predicted molar refractivity (Wildman–Crippen MR) is 90.1 cm³/mol. The molecule has 2 N–H and O–H groups in total. The number of carbonyl (C=O) groups is 3. The summed E-state index contributed by atoms with van der Waals surface area (Å²) in [7, 11) is 0. The minimum Gasteiger partial charge on any atom is -0.340 e. The molecule has 2 rings (SSSR count). The third-order valence-corrected chi connectivity index (χ3v) is 4.22. The number of nitrogens with zero attached hydrogens (tertiary/aromatic N) is 2. The van der Waals surface area contributed by atoms with Crippen molar-refractivity contribution in [3.05, 3.63) is 35.9 Å². The number of amides is 4. The Morgan fingerprint density at radius 2 is 1.71 bits per heavy atom. The SMILES string of the molecule is CC(=O)N1CCN([C@@H](C)C(=O)NC(=O)NCc2ccccc2)CC1. The third kappa shape index (κ3) is 5.06. The molecule has 7 nitrogen and oxygen atoms in total. The molecule has 0 spiro atoms. The summed E-state index contributed by atoms with van der Waals surface area (Å²) < 4.78 is 0. The van der Waals surface area contributed by atoms with Gasteiger partial charge < -0.3 is 10.2 Å². The first-order chi connectivity index (χ1) is 11.5. The maximum Gasteiger partial charge on any atom is 0.321 e. The number of hydrogen-bond donors (Lipinski definition) is 2. The van der Waals surface area contributed by atoms with Crippen molar-refractivity contribution in [2.75, 3.05) is 26.2 Å². The molecule has 130 valence electrons. The smallest absolute Gasteiger partial charge is 0.321 e. The molecule has 1 atom stereocenters. The molecule has 24 heavy (non-hydrogen) atoms. The summed E-state index contributed by atoms with van der Waals surface area (Å²) >= 11 is 0. The summed E-state index contributed by atoms with van der Waals surface area (Å²) in [4.78, 5) is 39.1. The van der Waals surface area contributed by atoms with Crippen LogP contribution in [-0.4, -0.2) is 59.9 Å². The molecule has 0 bridgehead atoms. The lowest BCUT2D eigenvalue weighted by Crippen LogP contribution is -2.56. The van der Waals surface area contributed by atoms with Gasteiger partial charge >= 0.3 is 6.03 Å². The molecule has 0 unspecified atom stereocenters. The van der Waals surface area contributed by atoms with Crippen LogP contribution in [0.25, 0.3) is 0 Å². The summed E-state index contributed by atoms with van der Waals surface area (Å²) in [5, 5.41) is 5.04. The number of piperazine rings is 1. The number of imide groups is 1. The highest BCUT2D eigenvalue weighted by atomic mass is 16.2. The average molecular weight is 332 g/mol. The van der Waals surface area contributed by atoms with Crippen LogP contribution in [0.4, 0.5) is 4.79 Å². The molecule has 1 saturated heterocycles. The summed E-state index contributed by atoms with van der Waals surface area (Å²) in [5.41, 5.74) is 0.966. The van der Waals surface area contributed by atoms with Crippen LogP contribution < -0.4 is 10.6 Å². The van der Waals surface area contributed by atoms with E-state index >= 15 is 0 Å². The van der Waals surface area contributed by atoms with Crippen molar-refractivity contribution in [1.82, 2.24) is 20.4 Å². The lowest BCUT2D eigenvalue weighted by Gasteiger charge is -2.36. The standard InChI is InChI=1S/C17H24N4O3/c1-13(20-8-10-21(11-9-20)14(2)22)16(23)19-17(24)18-12-15-6-4-3-5-7-15/h3-7,13H,8-12H2,1-2H3,(H2,18,19,23,24)/t13-/m0/s1. The minimum atomic E-state index is -0.502. The van der Waals surface area contributed by atoms with Crippen molar-refractivity contribution < 1.29 is 14.4 Å². The molecule has 7 heteroatoms. The molecular weight excluding hydrogens is 308 g/mol. The van der Waals surface area contributed by atoms with Gasteiger partial charge in [0.15, 0.2) is 0 Å². The number of nitrogens with one attached hydrogen (secondary N) is 2. The second-order valence-corrected chi connectivity index (χ2v) is 5.88. The van der Waals surface area contributed by atoms with E-state index in [9.17, 15) is 14.4 Å². The largest absolute Gasteiger partial charge is 0.340 e. The number of hydrogen-bond acceptors (Lipinski definition) is 4. The van der Waals surface area contributed by atoms with Crippen LogP contribution in [-0.2, 0) is 16.1 Å². The Kier molecular flexibility index (Phi) is 6.31. The highest BCUT2D eigenvalue weighted by Gasteiger charge is 2.27. The van der Waals surface area contributed by atoms with E-state index in [0.29, 0.717) is 32.7 Å². The number of urea groups is 1. The molecule has 4 amide bonds. The molecule has 0 radical (unpaired) electrons. The van der Waals surface area contributed by atoms with Crippen LogP contribution >= 0.6 is 0 Å². The van der Waals surface area contributed by atoms with Crippen LogP contribution in [0.15, 0.2) is 30.3 Å². The number of rotatable bonds is 4. The van der Waals surface area contributed by atoms with Gasteiger partial charge in [-0.25, -0.2) is 4.79 Å². The van der Waals surface area contributed by atoms with E-state index < -0.39 is 12.1 Å². The normalized spacial score (nSPS) is 16.3. The van der Waals surface area contributed by atoms with Crippen molar-refractivity contribution >= 4 is 17.8 Å². The Labute approximate surface area is 142 Å². The van der Waals surface area contributed by atoms with Gasteiger partial charge in [-0.15, -0.1) is 0 Å². The van der Waals surface area contributed by atoms with E-state index in [2.05, 4.69) is 10.6 Å². The van der Waals surface area contributed by atoms with E-state index in [-0.39, 0.29) is 11.8 Å². The number of carbonyl (C=O) groups excluding carboxylic acids is 3. The maximum atomic E-state index is 12.2. The van der Waals surface area contributed by atoms with Crippen LogP contribution in [0, 0.1) is 0 Å². The first-order valence-electron chi connectivity index (χ1n) is 8.09. The number of benzene rings is 1. The Morgan fingerprint density at radius 3 is 2.29 bits per heavy atom. The summed E-state index contributed by atoms with van der Waals surface area (Å²) in [6, 6.07) is 8.57. The monoisotopic (exact) mass is 332 g/mol. The van der Waals surface area contributed by atoms with Crippen molar-refractivity contribution in [2.45, 2.75) is 26.4 Å². The molecule has 0 aliphatic carbocycles. The average Bonchev–Trinajstić information content (AvgIpc) is 2.60. The fourth-order valence-electron chi connectivity index (χ4n) is 2.63. The maximum absolute atomic E-state index is 12.2. The molecule has 1 aromatic rings. The van der Waals surface area contributed by atoms with E-state index in [1.54, 1.807) is 18.7 Å². The van der Waals surface area contributed by atoms with Crippen molar-refractivity contribution in [2.24, 2.45) is 0 Å². The molecule has 0 saturated carbocycles. The highest BCUT2D eigenvalue weighted by molar-refractivity contribution is 5.96.